The van der Waals surface area contributed by atoms with Crippen LogP contribution in [0.5, 0.6) is 0 Å². The van der Waals surface area contributed by atoms with Crippen molar-refractivity contribution in [2.24, 2.45) is 0 Å². The van der Waals surface area contributed by atoms with Crippen LogP contribution in [0.1, 0.15) is 25.0 Å². The summed E-state index contributed by atoms with van der Waals surface area (Å²) >= 11 is 0. The van der Waals surface area contributed by atoms with E-state index < -0.39 is 0 Å². The summed E-state index contributed by atoms with van der Waals surface area (Å²) in [5.41, 5.74) is 14.0. The molecule has 2 heterocycles. The van der Waals surface area contributed by atoms with E-state index in [4.69, 9.17) is 9.97 Å². The van der Waals surface area contributed by atoms with Gasteiger partial charge in [-0.2, -0.15) is 0 Å². The molecule has 0 saturated carbocycles. The summed E-state index contributed by atoms with van der Waals surface area (Å²) < 4.78 is 0. The SMILES string of the molecule is CC1(C)c2ccccc2-c2cc3c(-c4ccc(-c5cccc6ccccc56)cn4)c4ccccc4c(-c4ccc(-c5cccc6ccccc56)cn4)c3cc21. The summed E-state index contributed by atoms with van der Waals surface area (Å²) in [5.74, 6) is 0. The second-order valence-corrected chi connectivity index (χ2v) is 15.3. The maximum absolute atomic E-state index is 5.26. The molecule has 1 aliphatic rings. The molecule has 1 aliphatic carbocycles. The van der Waals surface area contributed by atoms with Crippen LogP contribution in [0, 0.1) is 0 Å². The van der Waals surface area contributed by atoms with Gasteiger partial charge < -0.3 is 0 Å². The molecule has 0 fully saturated rings. The van der Waals surface area contributed by atoms with Crippen LogP contribution >= 0.6 is 0 Å². The topological polar surface area (TPSA) is 25.8 Å². The Morgan fingerprint density at radius 1 is 0.345 bits per heavy atom. The van der Waals surface area contributed by atoms with E-state index in [-0.39, 0.29) is 5.41 Å². The molecule has 0 saturated heterocycles. The number of fused-ring (bicyclic) bond motifs is 7. The molecule has 0 atom stereocenters. The minimum Gasteiger partial charge on any atom is -0.256 e. The number of hydrogen-bond acceptors (Lipinski definition) is 2. The van der Waals surface area contributed by atoms with Gasteiger partial charge in [0.15, 0.2) is 0 Å². The Balaban J connectivity index is 1.16. The van der Waals surface area contributed by atoms with Crippen molar-refractivity contribution in [1.82, 2.24) is 9.97 Å². The van der Waals surface area contributed by atoms with Crippen molar-refractivity contribution < 1.29 is 0 Å². The van der Waals surface area contributed by atoms with Crippen LogP contribution < -0.4 is 0 Å². The van der Waals surface area contributed by atoms with Gasteiger partial charge in [0.1, 0.15) is 0 Å². The average Bonchev–Trinajstić information content (AvgIpc) is 3.46. The predicted octanol–water partition coefficient (Wildman–Crippen LogP) is 14.1. The number of nitrogens with zero attached hydrogens (tertiary/aromatic N) is 2. The molecule has 11 rings (SSSR count). The Labute approximate surface area is 320 Å². The lowest BCUT2D eigenvalue weighted by Gasteiger charge is -2.23. The molecule has 2 aromatic heterocycles. The van der Waals surface area contributed by atoms with Crippen molar-refractivity contribution >= 4 is 43.1 Å². The Morgan fingerprint density at radius 3 is 1.35 bits per heavy atom. The molecular formula is C53H36N2. The second kappa shape index (κ2) is 12.1. The molecule has 0 unspecified atom stereocenters. The smallest absolute Gasteiger partial charge is 0.0714 e. The molecule has 0 amide bonds. The third kappa shape index (κ3) is 4.81. The van der Waals surface area contributed by atoms with E-state index in [1.165, 1.54) is 76.5 Å². The minimum atomic E-state index is -0.146. The van der Waals surface area contributed by atoms with Crippen molar-refractivity contribution in [1.29, 1.82) is 0 Å². The summed E-state index contributed by atoms with van der Waals surface area (Å²) in [6, 6.07) is 61.6. The van der Waals surface area contributed by atoms with E-state index in [0.717, 1.165) is 33.6 Å². The van der Waals surface area contributed by atoms with E-state index in [9.17, 15) is 0 Å². The quantitative estimate of drug-likeness (QED) is 0.171. The Kier molecular flexibility index (Phi) is 6.93. The third-order valence-electron chi connectivity index (χ3n) is 12.0. The normalized spacial score (nSPS) is 13.1. The predicted molar refractivity (Wildman–Crippen MR) is 231 cm³/mol. The van der Waals surface area contributed by atoms with Gasteiger partial charge in [-0.25, -0.2) is 0 Å². The monoisotopic (exact) mass is 700 g/mol. The van der Waals surface area contributed by atoms with Crippen molar-refractivity contribution in [2.75, 3.05) is 0 Å². The van der Waals surface area contributed by atoms with E-state index in [1.54, 1.807) is 0 Å². The van der Waals surface area contributed by atoms with Crippen LogP contribution in [0.2, 0.25) is 0 Å². The van der Waals surface area contributed by atoms with E-state index in [2.05, 4.69) is 184 Å². The Hall–Kier alpha value is -6.90. The van der Waals surface area contributed by atoms with Gasteiger partial charge in [0.25, 0.3) is 0 Å². The fourth-order valence-electron chi connectivity index (χ4n) is 9.28. The molecule has 10 aromatic rings. The van der Waals surface area contributed by atoms with Gasteiger partial charge in [-0.3, -0.25) is 9.97 Å². The summed E-state index contributed by atoms with van der Waals surface area (Å²) in [6.07, 6.45) is 4.09. The lowest BCUT2D eigenvalue weighted by molar-refractivity contribution is 0.661. The van der Waals surface area contributed by atoms with Gasteiger partial charge in [-0.1, -0.05) is 159 Å². The van der Waals surface area contributed by atoms with Crippen molar-refractivity contribution in [3.05, 3.63) is 193 Å². The van der Waals surface area contributed by atoms with E-state index >= 15 is 0 Å². The lowest BCUT2D eigenvalue weighted by Crippen LogP contribution is -2.14. The third-order valence-corrected chi connectivity index (χ3v) is 12.0. The fourth-order valence-corrected chi connectivity index (χ4v) is 9.28. The second-order valence-electron chi connectivity index (χ2n) is 15.3. The van der Waals surface area contributed by atoms with Crippen LogP contribution in [0.3, 0.4) is 0 Å². The first kappa shape index (κ1) is 31.6. The van der Waals surface area contributed by atoms with Crippen LogP contribution in [-0.2, 0) is 5.41 Å². The first-order valence-corrected chi connectivity index (χ1v) is 19.1. The van der Waals surface area contributed by atoms with Crippen LogP contribution in [0.4, 0.5) is 0 Å². The molecule has 0 spiro atoms. The number of aromatic nitrogens is 2. The minimum absolute atomic E-state index is 0.146. The van der Waals surface area contributed by atoms with Crippen molar-refractivity contribution in [2.45, 2.75) is 19.3 Å². The maximum atomic E-state index is 5.26. The zero-order valence-electron chi connectivity index (χ0n) is 30.7. The molecule has 0 radical (unpaired) electrons. The standard InChI is InChI=1S/C53H36N2/c1-53(2)47-24-10-9-19-41(47)44-29-45-46(30-48(44)53)52(50-28-26-36(32-55-50)40-23-12-16-34-14-4-6-18-38(34)40)43-21-8-7-20-42(43)51(45)49-27-25-35(31-54-49)39-22-11-15-33-13-3-5-17-37(33)39/h3-32H,1-2H3. The fraction of sp³-hybridized carbons (Fsp3) is 0.0566. The highest BCUT2D eigenvalue weighted by Gasteiger charge is 2.36. The van der Waals surface area contributed by atoms with E-state index in [1.807, 2.05) is 12.4 Å². The van der Waals surface area contributed by atoms with Gasteiger partial charge in [-0.15, -0.1) is 0 Å². The summed E-state index contributed by atoms with van der Waals surface area (Å²) in [5, 5.41) is 9.64. The van der Waals surface area contributed by atoms with E-state index in [0.29, 0.717) is 0 Å². The maximum Gasteiger partial charge on any atom is 0.0714 e. The number of rotatable bonds is 4. The van der Waals surface area contributed by atoms with Gasteiger partial charge in [0, 0.05) is 40.1 Å². The van der Waals surface area contributed by atoms with Crippen molar-refractivity contribution in [3.63, 3.8) is 0 Å². The van der Waals surface area contributed by atoms with Gasteiger partial charge >= 0.3 is 0 Å². The molecule has 2 heteroatoms. The highest BCUT2D eigenvalue weighted by molar-refractivity contribution is 6.22. The zero-order valence-corrected chi connectivity index (χ0v) is 30.7. The summed E-state index contributed by atoms with van der Waals surface area (Å²) in [6.45, 7) is 4.71. The summed E-state index contributed by atoms with van der Waals surface area (Å²) in [4.78, 5) is 10.5. The molecule has 0 bridgehead atoms. The zero-order chi connectivity index (χ0) is 36.7. The lowest BCUT2D eigenvalue weighted by atomic mass is 9.80. The van der Waals surface area contributed by atoms with Crippen molar-refractivity contribution in [3.8, 4) is 55.9 Å². The summed E-state index contributed by atoms with van der Waals surface area (Å²) in [7, 11) is 0. The first-order chi connectivity index (χ1) is 27.0. The van der Waals surface area contributed by atoms with Gasteiger partial charge in [0.05, 0.1) is 11.4 Å². The number of pyridine rings is 2. The van der Waals surface area contributed by atoms with Gasteiger partial charge in [0.2, 0.25) is 0 Å². The molecule has 0 N–H and O–H groups in total. The largest absolute Gasteiger partial charge is 0.256 e. The molecular weight excluding hydrogens is 665 g/mol. The van der Waals surface area contributed by atoms with Gasteiger partial charge in [-0.05, 0) is 101 Å². The number of hydrogen-bond donors (Lipinski definition) is 0. The highest BCUT2D eigenvalue weighted by Crippen LogP contribution is 2.53. The average molecular weight is 701 g/mol. The van der Waals surface area contributed by atoms with Crippen LogP contribution in [-0.4, -0.2) is 9.97 Å². The van der Waals surface area contributed by atoms with Crippen LogP contribution in [0.15, 0.2) is 182 Å². The highest BCUT2D eigenvalue weighted by atomic mass is 14.7. The number of benzene rings is 8. The first-order valence-electron chi connectivity index (χ1n) is 19.1. The van der Waals surface area contributed by atoms with Crippen LogP contribution in [0.25, 0.3) is 99.0 Å². The molecule has 2 nitrogen and oxygen atoms in total. The molecule has 55 heavy (non-hydrogen) atoms. The Bertz CT molecular complexity index is 3140. The molecule has 0 aliphatic heterocycles. The molecule has 8 aromatic carbocycles. The molecule has 258 valence electrons. The Morgan fingerprint density at radius 2 is 0.800 bits per heavy atom.